The van der Waals surface area contributed by atoms with Crippen LogP contribution in [0.1, 0.15) is 16.8 Å². The number of nitrogens with zero attached hydrogens (tertiary/aromatic N) is 2. The summed E-state index contributed by atoms with van der Waals surface area (Å²) in [7, 11) is 0. The van der Waals surface area contributed by atoms with Crippen molar-refractivity contribution in [2.24, 2.45) is 0 Å². The van der Waals surface area contributed by atoms with Gasteiger partial charge < -0.3 is 19.6 Å². The molecule has 2 amide bonds. The number of ether oxygens (including phenoxy) is 1. The Bertz CT molecular complexity index is 755. The molecular formula is C20H22N2O4. The van der Waals surface area contributed by atoms with Crippen molar-refractivity contribution < 1.29 is 19.4 Å². The number of benzene rings is 2. The van der Waals surface area contributed by atoms with Crippen molar-refractivity contribution in [1.29, 1.82) is 0 Å². The molecule has 1 aliphatic heterocycles. The summed E-state index contributed by atoms with van der Waals surface area (Å²) in [5.41, 5.74) is 0.459. The van der Waals surface area contributed by atoms with Gasteiger partial charge in [-0.05, 0) is 30.3 Å². The molecule has 0 unspecified atom stereocenters. The van der Waals surface area contributed by atoms with Gasteiger partial charge in [-0.15, -0.1) is 0 Å². The first kappa shape index (κ1) is 17.8. The summed E-state index contributed by atoms with van der Waals surface area (Å²) in [4.78, 5) is 28.2. The van der Waals surface area contributed by atoms with Crippen LogP contribution < -0.4 is 4.74 Å². The molecule has 1 saturated heterocycles. The van der Waals surface area contributed by atoms with Crippen LogP contribution in [0.4, 0.5) is 0 Å². The van der Waals surface area contributed by atoms with Crippen molar-refractivity contribution in [3.05, 3.63) is 60.2 Å². The monoisotopic (exact) mass is 354 g/mol. The van der Waals surface area contributed by atoms with Gasteiger partial charge in [0, 0.05) is 31.7 Å². The Balaban J connectivity index is 1.44. The van der Waals surface area contributed by atoms with Crippen molar-refractivity contribution in [2.75, 3.05) is 32.8 Å². The van der Waals surface area contributed by atoms with Gasteiger partial charge in [-0.3, -0.25) is 9.59 Å². The van der Waals surface area contributed by atoms with E-state index in [0.29, 0.717) is 44.8 Å². The minimum absolute atomic E-state index is 0.0328. The third-order valence-electron chi connectivity index (χ3n) is 4.34. The lowest BCUT2D eigenvalue weighted by Gasteiger charge is -2.34. The van der Waals surface area contributed by atoms with E-state index in [1.807, 2.05) is 30.3 Å². The number of rotatable bonds is 5. The molecule has 1 N–H and O–H groups in total. The molecule has 0 saturated carbocycles. The SMILES string of the molecule is O=C(CCOc1ccccc1)N1CCN(C(=O)c2cccc(O)c2)CC1. The zero-order chi connectivity index (χ0) is 18.4. The third kappa shape index (κ3) is 4.53. The van der Waals surface area contributed by atoms with E-state index in [-0.39, 0.29) is 17.6 Å². The van der Waals surface area contributed by atoms with Gasteiger partial charge in [-0.25, -0.2) is 0 Å². The molecule has 0 atom stereocenters. The van der Waals surface area contributed by atoms with Gasteiger partial charge in [0.1, 0.15) is 11.5 Å². The van der Waals surface area contributed by atoms with Crippen LogP contribution in [0.2, 0.25) is 0 Å². The molecule has 0 aliphatic carbocycles. The predicted molar refractivity (Wildman–Crippen MR) is 97.1 cm³/mol. The van der Waals surface area contributed by atoms with Gasteiger partial charge in [0.05, 0.1) is 13.0 Å². The molecule has 0 aromatic heterocycles. The maximum Gasteiger partial charge on any atom is 0.254 e. The Morgan fingerprint density at radius 2 is 1.62 bits per heavy atom. The quantitative estimate of drug-likeness (QED) is 0.893. The molecule has 3 rings (SSSR count). The Labute approximate surface area is 152 Å². The first-order chi connectivity index (χ1) is 12.6. The Hall–Kier alpha value is -3.02. The zero-order valence-corrected chi connectivity index (χ0v) is 14.5. The van der Waals surface area contributed by atoms with E-state index < -0.39 is 0 Å². The number of piperazine rings is 1. The second-order valence-electron chi connectivity index (χ2n) is 6.13. The highest BCUT2D eigenvalue weighted by Gasteiger charge is 2.24. The molecule has 1 heterocycles. The second-order valence-corrected chi connectivity index (χ2v) is 6.13. The lowest BCUT2D eigenvalue weighted by atomic mass is 10.1. The van der Waals surface area contributed by atoms with E-state index in [1.54, 1.807) is 21.9 Å². The molecule has 1 aliphatic rings. The van der Waals surface area contributed by atoms with Gasteiger partial charge in [-0.1, -0.05) is 24.3 Å². The zero-order valence-electron chi connectivity index (χ0n) is 14.5. The molecule has 2 aromatic carbocycles. The van der Waals surface area contributed by atoms with Crippen LogP contribution in [0, 0.1) is 0 Å². The minimum Gasteiger partial charge on any atom is -0.508 e. The number of para-hydroxylation sites is 1. The number of phenolic OH excluding ortho intramolecular Hbond substituents is 1. The number of amides is 2. The number of hydrogen-bond donors (Lipinski definition) is 1. The predicted octanol–water partition coefficient (Wildman–Crippen LogP) is 2.15. The van der Waals surface area contributed by atoms with Gasteiger partial charge >= 0.3 is 0 Å². The largest absolute Gasteiger partial charge is 0.508 e. The Kier molecular flexibility index (Phi) is 5.73. The van der Waals surface area contributed by atoms with Crippen molar-refractivity contribution in [3.8, 4) is 11.5 Å². The van der Waals surface area contributed by atoms with Crippen LogP contribution in [0.3, 0.4) is 0 Å². The topological polar surface area (TPSA) is 70.1 Å². The van der Waals surface area contributed by atoms with E-state index >= 15 is 0 Å². The lowest BCUT2D eigenvalue weighted by molar-refractivity contribution is -0.133. The molecule has 0 bridgehead atoms. The van der Waals surface area contributed by atoms with E-state index in [2.05, 4.69) is 0 Å². The average Bonchev–Trinajstić information content (AvgIpc) is 2.68. The van der Waals surface area contributed by atoms with Crippen molar-refractivity contribution in [2.45, 2.75) is 6.42 Å². The Morgan fingerprint density at radius 3 is 2.31 bits per heavy atom. The van der Waals surface area contributed by atoms with Gasteiger partial charge in [0.2, 0.25) is 5.91 Å². The van der Waals surface area contributed by atoms with Crippen LogP contribution in [-0.4, -0.2) is 59.5 Å². The number of carbonyl (C=O) groups excluding carboxylic acids is 2. The van der Waals surface area contributed by atoms with Crippen LogP contribution in [0.15, 0.2) is 54.6 Å². The molecule has 0 spiro atoms. The molecule has 136 valence electrons. The Morgan fingerprint density at radius 1 is 0.923 bits per heavy atom. The summed E-state index contributed by atoms with van der Waals surface area (Å²) in [5, 5.41) is 9.50. The molecule has 1 fully saturated rings. The molecule has 6 heteroatoms. The van der Waals surface area contributed by atoms with E-state index in [1.165, 1.54) is 12.1 Å². The molecular weight excluding hydrogens is 332 g/mol. The van der Waals surface area contributed by atoms with Crippen LogP contribution in [0.5, 0.6) is 11.5 Å². The van der Waals surface area contributed by atoms with E-state index in [0.717, 1.165) is 5.75 Å². The van der Waals surface area contributed by atoms with Gasteiger partial charge in [0.15, 0.2) is 0 Å². The summed E-state index contributed by atoms with van der Waals surface area (Å²) in [6.45, 7) is 2.33. The van der Waals surface area contributed by atoms with Gasteiger partial charge in [0.25, 0.3) is 5.91 Å². The van der Waals surface area contributed by atoms with Crippen molar-refractivity contribution in [3.63, 3.8) is 0 Å². The fourth-order valence-corrected chi connectivity index (χ4v) is 2.91. The minimum atomic E-state index is -0.125. The van der Waals surface area contributed by atoms with Crippen LogP contribution >= 0.6 is 0 Å². The number of carbonyl (C=O) groups is 2. The molecule has 6 nitrogen and oxygen atoms in total. The maximum atomic E-state index is 12.4. The number of phenols is 1. The third-order valence-corrected chi connectivity index (χ3v) is 4.34. The lowest BCUT2D eigenvalue weighted by Crippen LogP contribution is -2.50. The van der Waals surface area contributed by atoms with E-state index in [9.17, 15) is 14.7 Å². The van der Waals surface area contributed by atoms with Gasteiger partial charge in [-0.2, -0.15) is 0 Å². The first-order valence-corrected chi connectivity index (χ1v) is 8.67. The van der Waals surface area contributed by atoms with Crippen LogP contribution in [0.25, 0.3) is 0 Å². The first-order valence-electron chi connectivity index (χ1n) is 8.67. The highest BCUT2D eigenvalue weighted by Crippen LogP contribution is 2.15. The summed E-state index contributed by atoms with van der Waals surface area (Å²) in [6, 6.07) is 15.7. The highest BCUT2D eigenvalue weighted by molar-refractivity contribution is 5.94. The van der Waals surface area contributed by atoms with E-state index in [4.69, 9.17) is 4.74 Å². The molecule has 2 aromatic rings. The smallest absolute Gasteiger partial charge is 0.254 e. The maximum absolute atomic E-state index is 12.4. The van der Waals surface area contributed by atoms with Crippen LogP contribution in [-0.2, 0) is 4.79 Å². The number of hydrogen-bond acceptors (Lipinski definition) is 4. The summed E-state index contributed by atoms with van der Waals surface area (Å²) < 4.78 is 5.56. The average molecular weight is 354 g/mol. The second kappa shape index (κ2) is 8.38. The van der Waals surface area contributed by atoms with Crippen molar-refractivity contribution >= 4 is 11.8 Å². The molecule has 0 radical (unpaired) electrons. The fourth-order valence-electron chi connectivity index (χ4n) is 2.91. The standard InChI is InChI=1S/C20H22N2O4/c23-17-6-4-5-16(15-17)20(25)22-12-10-21(11-13-22)19(24)9-14-26-18-7-2-1-3-8-18/h1-8,15,23H,9-14H2. The molecule has 26 heavy (non-hydrogen) atoms. The summed E-state index contributed by atoms with van der Waals surface area (Å²) in [5.74, 6) is 0.732. The fraction of sp³-hybridized carbons (Fsp3) is 0.300. The normalized spacial score (nSPS) is 14.2. The summed E-state index contributed by atoms with van der Waals surface area (Å²) in [6.07, 6.45) is 0.315. The van der Waals surface area contributed by atoms with Crippen molar-refractivity contribution in [1.82, 2.24) is 9.80 Å². The number of aromatic hydroxyl groups is 1. The summed E-state index contributed by atoms with van der Waals surface area (Å²) >= 11 is 0. The highest BCUT2D eigenvalue weighted by atomic mass is 16.5.